The quantitative estimate of drug-likeness (QED) is 0.698. The maximum Gasteiger partial charge on any atom is 0.417 e. The number of rotatable bonds is 3. The van der Waals surface area contributed by atoms with Crippen LogP contribution in [-0.4, -0.2) is 6.03 Å². The molecule has 8 heteroatoms. The van der Waals surface area contributed by atoms with Crippen molar-refractivity contribution in [3.05, 3.63) is 63.1 Å². The van der Waals surface area contributed by atoms with Gasteiger partial charge in [0.1, 0.15) is 0 Å². The van der Waals surface area contributed by atoms with Crippen LogP contribution in [0.2, 0.25) is 5.02 Å². The summed E-state index contributed by atoms with van der Waals surface area (Å²) in [6.07, 6.45) is -4.58. The third-order valence-corrected chi connectivity index (χ3v) is 3.75. The van der Waals surface area contributed by atoms with E-state index in [9.17, 15) is 18.0 Å². The molecule has 0 saturated heterocycles. The summed E-state index contributed by atoms with van der Waals surface area (Å²) in [7, 11) is 0. The van der Waals surface area contributed by atoms with E-state index in [1.807, 2.05) is 24.3 Å². The van der Waals surface area contributed by atoms with Crippen molar-refractivity contribution in [1.29, 1.82) is 0 Å². The lowest BCUT2D eigenvalue weighted by atomic mass is 10.2. The highest BCUT2D eigenvalue weighted by Crippen LogP contribution is 2.36. The number of halogens is 5. The number of hydrogen-bond donors (Lipinski definition) is 2. The molecule has 0 radical (unpaired) electrons. The molecule has 2 aromatic carbocycles. The van der Waals surface area contributed by atoms with Gasteiger partial charge < -0.3 is 10.6 Å². The summed E-state index contributed by atoms with van der Waals surface area (Å²) in [6.45, 7) is 0.249. The van der Waals surface area contributed by atoms with Crippen LogP contribution < -0.4 is 10.6 Å². The zero-order chi connectivity index (χ0) is 17.0. The molecule has 0 atom stereocenters. The number of benzene rings is 2. The number of hydrogen-bond acceptors (Lipinski definition) is 1. The smallest absolute Gasteiger partial charge is 0.334 e. The zero-order valence-corrected chi connectivity index (χ0v) is 13.9. The van der Waals surface area contributed by atoms with Gasteiger partial charge in [0.25, 0.3) is 0 Å². The number of carbonyl (C=O) groups excluding carboxylic acids is 1. The van der Waals surface area contributed by atoms with E-state index < -0.39 is 22.8 Å². The Kier molecular flexibility index (Phi) is 5.54. The van der Waals surface area contributed by atoms with Crippen LogP contribution in [0, 0.1) is 0 Å². The third-order valence-electron chi connectivity index (χ3n) is 2.90. The van der Waals surface area contributed by atoms with Crippen LogP contribution in [0.5, 0.6) is 0 Å². The Morgan fingerprint density at radius 3 is 2.39 bits per heavy atom. The SMILES string of the molecule is O=C(NCc1ccc(Br)cc1)Nc1ccc(Cl)c(C(F)(F)F)c1. The first-order valence-electron chi connectivity index (χ1n) is 6.42. The molecule has 2 amide bonds. The highest BCUT2D eigenvalue weighted by atomic mass is 79.9. The van der Waals surface area contributed by atoms with E-state index in [-0.39, 0.29) is 12.2 Å². The molecule has 0 heterocycles. The molecular weight excluding hydrogens is 397 g/mol. The number of carbonyl (C=O) groups is 1. The Bertz CT molecular complexity index is 705. The molecule has 0 fully saturated rings. The maximum absolute atomic E-state index is 12.8. The lowest BCUT2D eigenvalue weighted by molar-refractivity contribution is -0.137. The van der Waals surface area contributed by atoms with Crippen LogP contribution in [0.1, 0.15) is 11.1 Å². The number of alkyl halides is 3. The molecule has 3 nitrogen and oxygen atoms in total. The van der Waals surface area contributed by atoms with E-state index in [0.29, 0.717) is 0 Å². The van der Waals surface area contributed by atoms with E-state index in [1.165, 1.54) is 6.07 Å². The lowest BCUT2D eigenvalue weighted by Crippen LogP contribution is -2.28. The fourth-order valence-corrected chi connectivity index (χ4v) is 2.27. The Balaban J connectivity index is 1.99. The van der Waals surface area contributed by atoms with Crippen LogP contribution in [0.4, 0.5) is 23.7 Å². The average Bonchev–Trinajstić information content (AvgIpc) is 2.47. The number of nitrogens with one attached hydrogen (secondary N) is 2. The molecular formula is C15H11BrClF3N2O. The number of amides is 2. The largest absolute Gasteiger partial charge is 0.417 e. The highest BCUT2D eigenvalue weighted by Gasteiger charge is 2.33. The summed E-state index contributed by atoms with van der Waals surface area (Å²) in [6, 6.07) is 9.85. The maximum atomic E-state index is 12.8. The van der Waals surface area contributed by atoms with Gasteiger partial charge in [-0.25, -0.2) is 4.79 Å². The van der Waals surface area contributed by atoms with Crippen molar-refractivity contribution in [2.45, 2.75) is 12.7 Å². The second kappa shape index (κ2) is 7.23. The molecule has 2 aromatic rings. The molecule has 0 saturated carbocycles. The fourth-order valence-electron chi connectivity index (χ4n) is 1.78. The standard InChI is InChI=1S/C15H11BrClF3N2O/c16-10-3-1-9(2-4-10)8-21-14(23)22-11-5-6-13(17)12(7-11)15(18,19)20/h1-7H,8H2,(H2,21,22,23). The normalized spacial score (nSPS) is 11.2. The molecule has 23 heavy (non-hydrogen) atoms. The van der Waals surface area contributed by atoms with E-state index in [0.717, 1.165) is 22.2 Å². The second-order valence-corrected chi connectivity index (χ2v) is 5.95. The van der Waals surface area contributed by atoms with Gasteiger partial charge in [-0.3, -0.25) is 0 Å². The molecule has 2 rings (SSSR count). The first-order chi connectivity index (χ1) is 10.8. The van der Waals surface area contributed by atoms with Crippen molar-refractivity contribution in [2.24, 2.45) is 0 Å². The minimum atomic E-state index is -4.58. The molecule has 122 valence electrons. The van der Waals surface area contributed by atoms with Gasteiger partial charge >= 0.3 is 12.2 Å². The Labute approximate surface area is 144 Å². The molecule has 0 aliphatic rings. The minimum absolute atomic E-state index is 0.00929. The van der Waals surface area contributed by atoms with E-state index in [4.69, 9.17) is 11.6 Å². The lowest BCUT2D eigenvalue weighted by Gasteiger charge is -2.12. The molecule has 0 aliphatic heterocycles. The molecule has 0 spiro atoms. The summed E-state index contributed by atoms with van der Waals surface area (Å²) in [4.78, 5) is 11.8. The zero-order valence-electron chi connectivity index (χ0n) is 11.5. The van der Waals surface area contributed by atoms with Gasteiger partial charge in [-0.2, -0.15) is 13.2 Å². The van der Waals surface area contributed by atoms with Crippen LogP contribution in [0.3, 0.4) is 0 Å². The van der Waals surface area contributed by atoms with Crippen molar-refractivity contribution < 1.29 is 18.0 Å². The average molecular weight is 408 g/mol. The monoisotopic (exact) mass is 406 g/mol. The van der Waals surface area contributed by atoms with E-state index >= 15 is 0 Å². The Hall–Kier alpha value is -1.73. The number of anilines is 1. The summed E-state index contributed by atoms with van der Waals surface area (Å²) in [5.74, 6) is 0. The summed E-state index contributed by atoms with van der Waals surface area (Å²) in [5.41, 5.74) is -0.129. The molecule has 0 aliphatic carbocycles. The second-order valence-electron chi connectivity index (χ2n) is 4.63. The fraction of sp³-hybridized carbons (Fsp3) is 0.133. The van der Waals surface area contributed by atoms with Gasteiger partial charge in [-0.15, -0.1) is 0 Å². The van der Waals surface area contributed by atoms with Crippen molar-refractivity contribution in [3.63, 3.8) is 0 Å². The van der Waals surface area contributed by atoms with Crippen LogP contribution >= 0.6 is 27.5 Å². The molecule has 0 bridgehead atoms. The highest BCUT2D eigenvalue weighted by molar-refractivity contribution is 9.10. The predicted octanol–water partition coefficient (Wildman–Crippen LogP) is 5.44. The van der Waals surface area contributed by atoms with Crippen molar-refractivity contribution in [1.82, 2.24) is 5.32 Å². The van der Waals surface area contributed by atoms with Gasteiger partial charge in [0.05, 0.1) is 10.6 Å². The molecule has 2 N–H and O–H groups in total. The van der Waals surface area contributed by atoms with Gasteiger partial charge in [0.15, 0.2) is 0 Å². The molecule has 0 aromatic heterocycles. The van der Waals surface area contributed by atoms with Crippen LogP contribution in [0.15, 0.2) is 46.9 Å². The van der Waals surface area contributed by atoms with Gasteiger partial charge in [-0.1, -0.05) is 39.7 Å². The van der Waals surface area contributed by atoms with Crippen LogP contribution in [0.25, 0.3) is 0 Å². The summed E-state index contributed by atoms with van der Waals surface area (Å²) >= 11 is 8.82. The van der Waals surface area contributed by atoms with Crippen molar-refractivity contribution in [2.75, 3.05) is 5.32 Å². The molecule has 0 unspecified atom stereocenters. The van der Waals surface area contributed by atoms with Gasteiger partial charge in [0.2, 0.25) is 0 Å². The Morgan fingerprint density at radius 1 is 1.13 bits per heavy atom. The minimum Gasteiger partial charge on any atom is -0.334 e. The van der Waals surface area contributed by atoms with Crippen molar-refractivity contribution in [3.8, 4) is 0 Å². The van der Waals surface area contributed by atoms with E-state index in [2.05, 4.69) is 26.6 Å². The first-order valence-corrected chi connectivity index (χ1v) is 7.59. The van der Waals surface area contributed by atoms with Gasteiger partial charge in [-0.05, 0) is 35.9 Å². The van der Waals surface area contributed by atoms with Gasteiger partial charge in [0, 0.05) is 16.7 Å². The predicted molar refractivity (Wildman–Crippen MR) is 86.5 cm³/mol. The van der Waals surface area contributed by atoms with Crippen LogP contribution in [-0.2, 0) is 12.7 Å². The van der Waals surface area contributed by atoms with Crippen molar-refractivity contribution >= 4 is 39.2 Å². The van der Waals surface area contributed by atoms with E-state index in [1.54, 1.807) is 0 Å². The Morgan fingerprint density at radius 2 is 1.78 bits per heavy atom. The third kappa shape index (κ3) is 5.14. The topological polar surface area (TPSA) is 41.1 Å². The summed E-state index contributed by atoms with van der Waals surface area (Å²) < 4.78 is 39.2. The number of urea groups is 1. The summed E-state index contributed by atoms with van der Waals surface area (Å²) in [5, 5.41) is 4.49. The first kappa shape index (κ1) is 17.6.